The van der Waals surface area contributed by atoms with Crippen LogP contribution in [0.15, 0.2) is 23.8 Å². The second-order valence-corrected chi connectivity index (χ2v) is 9.35. The summed E-state index contributed by atoms with van der Waals surface area (Å²) in [7, 11) is 3.59. The maximum absolute atomic E-state index is 13.9. The largest absolute Gasteiger partial charge is 0.503 e. The summed E-state index contributed by atoms with van der Waals surface area (Å²) in [5.74, 6) is 0.478. The molecule has 4 bridgehead atoms. The van der Waals surface area contributed by atoms with Crippen LogP contribution in [0.25, 0.3) is 0 Å². The Morgan fingerprint density at radius 1 is 1.27 bits per heavy atom. The molecule has 158 valence electrons. The van der Waals surface area contributed by atoms with Crippen LogP contribution in [0.2, 0.25) is 0 Å². The Labute approximate surface area is 175 Å². The van der Waals surface area contributed by atoms with E-state index in [1.807, 2.05) is 6.07 Å². The molecule has 1 aromatic rings. The van der Waals surface area contributed by atoms with Gasteiger partial charge in [-0.15, -0.1) is 0 Å². The van der Waals surface area contributed by atoms with Crippen molar-refractivity contribution in [2.24, 2.45) is 11.8 Å². The van der Waals surface area contributed by atoms with E-state index in [0.717, 1.165) is 18.7 Å². The van der Waals surface area contributed by atoms with Gasteiger partial charge in [0.25, 0.3) is 0 Å². The van der Waals surface area contributed by atoms with Crippen LogP contribution in [-0.2, 0) is 19.7 Å². The highest BCUT2D eigenvalue weighted by molar-refractivity contribution is 6.07. The number of Topliss-reactive ketones (excluding diaryl/α,β-unsaturated/α-hetero) is 1. The van der Waals surface area contributed by atoms with Gasteiger partial charge in [0.2, 0.25) is 5.91 Å². The van der Waals surface area contributed by atoms with E-state index < -0.39 is 5.41 Å². The van der Waals surface area contributed by atoms with Gasteiger partial charge < -0.3 is 24.4 Å². The SMILES string of the molecule is COc1ccc2c(c1O)N1C(=O)C[C@@H]3OCC=C4CN(C)CC[C@]25C(=O)C[C@@H]4[C@@H]3[C@H]15. The van der Waals surface area contributed by atoms with Crippen molar-refractivity contribution < 1.29 is 24.2 Å². The Bertz CT molecular complexity index is 1000. The fourth-order valence-electron chi connectivity index (χ4n) is 6.89. The van der Waals surface area contributed by atoms with Crippen molar-refractivity contribution in [2.45, 2.75) is 36.8 Å². The Morgan fingerprint density at radius 2 is 2.10 bits per heavy atom. The molecule has 1 aromatic carbocycles. The Kier molecular flexibility index (Phi) is 3.73. The molecule has 0 aromatic heterocycles. The summed E-state index contributed by atoms with van der Waals surface area (Å²) >= 11 is 0. The molecule has 1 amide bonds. The lowest BCUT2D eigenvalue weighted by molar-refractivity contribution is -0.140. The Balaban J connectivity index is 1.67. The number of hydrogen-bond donors (Lipinski definition) is 1. The minimum Gasteiger partial charge on any atom is -0.503 e. The van der Waals surface area contributed by atoms with E-state index in [-0.39, 0.29) is 47.8 Å². The van der Waals surface area contributed by atoms with Crippen LogP contribution in [0.3, 0.4) is 0 Å². The third-order valence-corrected chi connectivity index (χ3v) is 8.12. The predicted molar refractivity (Wildman–Crippen MR) is 109 cm³/mol. The number of anilines is 1. The van der Waals surface area contributed by atoms with Gasteiger partial charge in [-0.1, -0.05) is 17.7 Å². The second kappa shape index (κ2) is 6.08. The van der Waals surface area contributed by atoms with Gasteiger partial charge in [-0.3, -0.25) is 9.59 Å². The summed E-state index contributed by atoms with van der Waals surface area (Å²) in [5.41, 5.74) is 1.68. The van der Waals surface area contributed by atoms with Crippen LogP contribution in [0.1, 0.15) is 24.8 Å². The summed E-state index contributed by atoms with van der Waals surface area (Å²) in [5, 5.41) is 11.0. The van der Waals surface area contributed by atoms with Crippen molar-refractivity contribution in [3.63, 3.8) is 0 Å². The van der Waals surface area contributed by atoms with Crippen molar-refractivity contribution in [1.29, 1.82) is 0 Å². The third-order valence-electron chi connectivity index (χ3n) is 8.12. The van der Waals surface area contributed by atoms with Crippen molar-refractivity contribution in [3.8, 4) is 11.5 Å². The van der Waals surface area contributed by atoms with Crippen molar-refractivity contribution in [3.05, 3.63) is 29.3 Å². The number of rotatable bonds is 1. The van der Waals surface area contributed by atoms with Crippen LogP contribution < -0.4 is 9.64 Å². The normalized spacial score (nSPS) is 37.1. The molecule has 1 aliphatic carbocycles. The number of benzene rings is 1. The second-order valence-electron chi connectivity index (χ2n) is 9.35. The number of piperidine rings is 1. The van der Waals surface area contributed by atoms with Gasteiger partial charge in [0.1, 0.15) is 5.78 Å². The zero-order valence-electron chi connectivity index (χ0n) is 17.3. The maximum Gasteiger partial charge on any atom is 0.230 e. The van der Waals surface area contributed by atoms with Crippen molar-refractivity contribution in [1.82, 2.24) is 4.90 Å². The average molecular weight is 410 g/mol. The Morgan fingerprint density at radius 3 is 2.90 bits per heavy atom. The van der Waals surface area contributed by atoms with Crippen molar-refractivity contribution in [2.75, 3.05) is 38.8 Å². The molecule has 0 unspecified atom stereocenters. The molecule has 4 fully saturated rings. The van der Waals surface area contributed by atoms with Gasteiger partial charge in [0.15, 0.2) is 11.5 Å². The van der Waals surface area contributed by atoms with E-state index in [9.17, 15) is 14.7 Å². The molecule has 1 spiro atoms. The van der Waals surface area contributed by atoms with E-state index in [4.69, 9.17) is 9.47 Å². The standard InChI is InChI=1S/C23H26N2O5/c1-24-7-6-23-14-3-4-15(29-2)21(28)20(14)25-18(27)10-16-19(22(23)25)13(9-17(23)26)12(11-24)5-8-30-16/h3-5,13,16,19,22,28H,6-11H2,1-2H3/t13-,16-,19-,22-,23+/m0/s1. The number of ketones is 1. The molecule has 7 nitrogen and oxygen atoms in total. The number of hydrogen-bond acceptors (Lipinski definition) is 6. The third kappa shape index (κ3) is 2.07. The van der Waals surface area contributed by atoms with E-state index >= 15 is 0 Å². The zero-order chi connectivity index (χ0) is 20.8. The molecule has 3 saturated heterocycles. The zero-order valence-corrected chi connectivity index (χ0v) is 17.3. The first-order chi connectivity index (χ1) is 14.5. The molecule has 1 saturated carbocycles. The van der Waals surface area contributed by atoms with Crippen molar-refractivity contribution >= 4 is 17.4 Å². The highest BCUT2D eigenvalue weighted by Gasteiger charge is 2.68. The first-order valence-electron chi connectivity index (χ1n) is 10.7. The minimum absolute atomic E-state index is 0.0402. The van der Waals surface area contributed by atoms with Gasteiger partial charge in [0.05, 0.1) is 43.4 Å². The summed E-state index contributed by atoms with van der Waals surface area (Å²) in [6.07, 6.45) is 3.29. The van der Waals surface area contributed by atoms with Crippen LogP contribution in [0.4, 0.5) is 5.69 Å². The molecule has 6 aliphatic rings. The maximum atomic E-state index is 13.9. The molecule has 5 aliphatic heterocycles. The van der Waals surface area contributed by atoms with Crippen LogP contribution in [0.5, 0.6) is 11.5 Å². The fourth-order valence-corrected chi connectivity index (χ4v) is 6.89. The molecule has 30 heavy (non-hydrogen) atoms. The van der Waals surface area contributed by atoms with Crippen LogP contribution in [0, 0.1) is 11.8 Å². The monoisotopic (exact) mass is 410 g/mol. The lowest BCUT2D eigenvalue weighted by atomic mass is 9.55. The summed E-state index contributed by atoms with van der Waals surface area (Å²) in [6, 6.07) is 3.28. The predicted octanol–water partition coefficient (Wildman–Crippen LogP) is 1.62. The molecular formula is C23H26N2O5. The number of fused-ring (bicyclic) bond motifs is 6. The fraction of sp³-hybridized carbons (Fsp3) is 0.565. The highest BCUT2D eigenvalue weighted by atomic mass is 16.5. The van der Waals surface area contributed by atoms with E-state index in [2.05, 4.69) is 18.0 Å². The minimum atomic E-state index is -0.814. The van der Waals surface area contributed by atoms with Gasteiger partial charge in [-0.25, -0.2) is 0 Å². The first-order valence-corrected chi connectivity index (χ1v) is 10.7. The van der Waals surface area contributed by atoms with Gasteiger partial charge in [-0.2, -0.15) is 0 Å². The number of methoxy groups -OCH3 is 1. The van der Waals surface area contributed by atoms with Gasteiger partial charge in [0, 0.05) is 18.9 Å². The summed E-state index contributed by atoms with van der Waals surface area (Å²) < 4.78 is 11.5. The first kappa shape index (κ1) is 18.4. The topological polar surface area (TPSA) is 79.3 Å². The number of phenols is 1. The lowest BCUT2D eigenvalue weighted by Crippen LogP contribution is -2.66. The quantitative estimate of drug-likeness (QED) is 0.709. The molecule has 0 radical (unpaired) electrons. The Hall–Kier alpha value is -2.38. The average Bonchev–Trinajstić information content (AvgIpc) is 2.97. The number of phenolic OH excluding ortho intramolecular Hbond substituents is 1. The smallest absolute Gasteiger partial charge is 0.230 e. The number of aromatic hydroxyl groups is 1. The van der Waals surface area contributed by atoms with E-state index in [1.165, 1.54) is 12.7 Å². The van der Waals surface area contributed by atoms with E-state index in [0.29, 0.717) is 30.9 Å². The van der Waals surface area contributed by atoms with Crippen LogP contribution >= 0.6 is 0 Å². The van der Waals surface area contributed by atoms with Gasteiger partial charge >= 0.3 is 0 Å². The molecule has 5 atom stereocenters. The lowest BCUT2D eigenvalue weighted by Gasteiger charge is -2.53. The molecule has 1 N–H and O–H groups in total. The van der Waals surface area contributed by atoms with Gasteiger partial charge in [-0.05, 0) is 37.6 Å². The number of nitrogens with zero attached hydrogens (tertiary/aromatic N) is 2. The number of amides is 1. The number of carbonyl (C=O) groups is 2. The number of ether oxygens (including phenoxy) is 2. The number of likely N-dealkylation sites (N-methyl/N-ethyl adjacent to an activating group) is 1. The number of carbonyl (C=O) groups excluding carboxylic acids is 2. The molecule has 7 rings (SSSR count). The summed E-state index contributed by atoms with van der Waals surface area (Å²) in [6.45, 7) is 2.05. The highest BCUT2D eigenvalue weighted by Crippen LogP contribution is 2.63. The van der Waals surface area contributed by atoms with E-state index in [1.54, 1.807) is 11.0 Å². The summed E-state index contributed by atoms with van der Waals surface area (Å²) in [4.78, 5) is 31.3. The molecular weight excluding hydrogens is 384 g/mol. The van der Waals surface area contributed by atoms with Crippen LogP contribution in [-0.4, -0.2) is 67.7 Å². The molecule has 7 heteroatoms. The molecule has 5 heterocycles.